The van der Waals surface area contributed by atoms with Crippen LogP contribution < -0.4 is 0 Å². The predicted octanol–water partition coefficient (Wildman–Crippen LogP) is 1.45. The number of hydrogen-bond acceptors (Lipinski definition) is 4. The molecule has 0 aromatic heterocycles. The Hall–Kier alpha value is -0.900. The van der Waals surface area contributed by atoms with Gasteiger partial charge in [0.25, 0.3) is 0 Å². The van der Waals surface area contributed by atoms with Gasteiger partial charge in [-0.25, -0.2) is 0 Å². The van der Waals surface area contributed by atoms with Gasteiger partial charge in [-0.1, -0.05) is 12.8 Å². The van der Waals surface area contributed by atoms with Crippen molar-refractivity contribution in [1.82, 2.24) is 0 Å². The molecule has 1 N–H and O–H groups in total. The SMILES string of the molecule is CCOC(=O)C1CC(O)CCCCCC1=O. The third kappa shape index (κ3) is 3.93. The summed E-state index contributed by atoms with van der Waals surface area (Å²) in [7, 11) is 0. The third-order valence-corrected chi connectivity index (χ3v) is 2.93. The fraction of sp³-hybridized carbons (Fsp3) is 0.833. The summed E-state index contributed by atoms with van der Waals surface area (Å²) in [6, 6.07) is 0. The summed E-state index contributed by atoms with van der Waals surface area (Å²) < 4.78 is 4.87. The van der Waals surface area contributed by atoms with E-state index in [1.54, 1.807) is 6.92 Å². The fourth-order valence-electron chi connectivity index (χ4n) is 2.02. The predicted molar refractivity (Wildman–Crippen MR) is 58.8 cm³/mol. The Morgan fingerprint density at radius 3 is 2.88 bits per heavy atom. The Morgan fingerprint density at radius 2 is 2.19 bits per heavy atom. The third-order valence-electron chi connectivity index (χ3n) is 2.93. The van der Waals surface area contributed by atoms with Gasteiger partial charge in [-0.15, -0.1) is 0 Å². The molecule has 2 unspecified atom stereocenters. The highest BCUT2D eigenvalue weighted by Gasteiger charge is 2.30. The maximum absolute atomic E-state index is 11.8. The van der Waals surface area contributed by atoms with Crippen molar-refractivity contribution in [2.75, 3.05) is 6.61 Å². The molecule has 1 fully saturated rings. The normalized spacial score (nSPS) is 27.8. The molecule has 16 heavy (non-hydrogen) atoms. The summed E-state index contributed by atoms with van der Waals surface area (Å²) in [6.45, 7) is 1.99. The van der Waals surface area contributed by atoms with E-state index >= 15 is 0 Å². The molecule has 1 rings (SSSR count). The molecule has 0 aromatic carbocycles. The molecule has 0 saturated heterocycles. The molecule has 1 aliphatic carbocycles. The van der Waals surface area contributed by atoms with Crippen LogP contribution in [0.4, 0.5) is 0 Å². The molecule has 4 heteroatoms. The molecule has 92 valence electrons. The maximum atomic E-state index is 11.8. The molecule has 4 nitrogen and oxygen atoms in total. The summed E-state index contributed by atoms with van der Waals surface area (Å²) in [4.78, 5) is 23.3. The number of carbonyl (C=O) groups excluding carboxylic acids is 2. The van der Waals surface area contributed by atoms with E-state index in [-0.39, 0.29) is 18.8 Å². The van der Waals surface area contributed by atoms with Crippen LogP contribution in [-0.2, 0) is 14.3 Å². The van der Waals surface area contributed by atoms with Crippen LogP contribution in [0.25, 0.3) is 0 Å². The van der Waals surface area contributed by atoms with Gasteiger partial charge < -0.3 is 9.84 Å². The highest BCUT2D eigenvalue weighted by atomic mass is 16.5. The monoisotopic (exact) mass is 228 g/mol. The number of rotatable bonds is 2. The van der Waals surface area contributed by atoms with Crippen molar-refractivity contribution in [3.63, 3.8) is 0 Å². The number of ether oxygens (including phenoxy) is 1. The van der Waals surface area contributed by atoms with Gasteiger partial charge in [-0.2, -0.15) is 0 Å². The van der Waals surface area contributed by atoms with Gasteiger partial charge in [-0.3, -0.25) is 9.59 Å². The van der Waals surface area contributed by atoms with E-state index in [9.17, 15) is 14.7 Å². The number of esters is 1. The summed E-state index contributed by atoms with van der Waals surface area (Å²) >= 11 is 0. The fourth-order valence-corrected chi connectivity index (χ4v) is 2.02. The average molecular weight is 228 g/mol. The molecule has 1 saturated carbocycles. The number of aliphatic hydroxyl groups excluding tert-OH is 1. The second-order valence-corrected chi connectivity index (χ2v) is 4.26. The van der Waals surface area contributed by atoms with E-state index in [2.05, 4.69) is 0 Å². The molecule has 0 radical (unpaired) electrons. The van der Waals surface area contributed by atoms with Gasteiger partial charge in [0, 0.05) is 6.42 Å². The number of ketones is 1. The molecule has 0 amide bonds. The van der Waals surface area contributed by atoms with E-state index in [1.165, 1.54) is 0 Å². The molecule has 0 spiro atoms. The number of Topliss-reactive ketones (excluding diaryl/α,β-unsaturated/α-hetero) is 1. The summed E-state index contributed by atoms with van der Waals surface area (Å²) in [6.07, 6.45) is 3.43. The Labute approximate surface area is 96.0 Å². The van der Waals surface area contributed by atoms with Gasteiger partial charge in [0.1, 0.15) is 11.7 Å². The van der Waals surface area contributed by atoms with E-state index in [0.29, 0.717) is 12.8 Å². The van der Waals surface area contributed by atoms with Gasteiger partial charge in [0.2, 0.25) is 0 Å². The number of hydrogen-bond donors (Lipinski definition) is 1. The second kappa shape index (κ2) is 6.63. The Bertz CT molecular complexity index is 249. The Morgan fingerprint density at radius 1 is 1.44 bits per heavy atom. The standard InChI is InChI=1S/C12H20O4/c1-2-16-12(15)10-8-9(13)6-4-3-5-7-11(10)14/h9-10,13H,2-8H2,1H3. The van der Waals surface area contributed by atoms with Gasteiger partial charge in [0.05, 0.1) is 12.7 Å². The highest BCUT2D eigenvalue weighted by molar-refractivity contribution is 5.99. The lowest BCUT2D eigenvalue weighted by molar-refractivity contribution is -0.152. The topological polar surface area (TPSA) is 63.6 Å². The van der Waals surface area contributed by atoms with Crippen molar-refractivity contribution in [2.45, 2.75) is 51.6 Å². The minimum Gasteiger partial charge on any atom is -0.465 e. The van der Waals surface area contributed by atoms with Crippen molar-refractivity contribution < 1.29 is 19.4 Å². The van der Waals surface area contributed by atoms with Crippen LogP contribution >= 0.6 is 0 Å². The van der Waals surface area contributed by atoms with Crippen molar-refractivity contribution in [2.24, 2.45) is 5.92 Å². The van der Waals surface area contributed by atoms with Crippen LogP contribution in [0, 0.1) is 5.92 Å². The first-order valence-corrected chi connectivity index (χ1v) is 6.02. The molecular formula is C12H20O4. The summed E-state index contributed by atoms with van der Waals surface area (Å²) in [5.74, 6) is -1.32. The first kappa shape index (κ1) is 13.2. The van der Waals surface area contributed by atoms with Gasteiger partial charge >= 0.3 is 5.97 Å². The van der Waals surface area contributed by atoms with Crippen LogP contribution in [0.3, 0.4) is 0 Å². The molecule has 0 aromatic rings. The van der Waals surface area contributed by atoms with Crippen molar-refractivity contribution in [3.05, 3.63) is 0 Å². The zero-order valence-corrected chi connectivity index (χ0v) is 9.78. The number of carbonyl (C=O) groups is 2. The minimum absolute atomic E-state index is 0.0839. The Balaban J connectivity index is 2.66. The minimum atomic E-state index is -0.756. The van der Waals surface area contributed by atoms with E-state index in [1.807, 2.05) is 0 Å². The van der Waals surface area contributed by atoms with Crippen LogP contribution in [-0.4, -0.2) is 29.6 Å². The average Bonchev–Trinajstić information content (AvgIpc) is 2.31. The van der Waals surface area contributed by atoms with Crippen LogP contribution in [0.15, 0.2) is 0 Å². The second-order valence-electron chi connectivity index (χ2n) is 4.26. The lowest BCUT2D eigenvalue weighted by atomic mass is 9.94. The smallest absolute Gasteiger partial charge is 0.316 e. The zero-order chi connectivity index (χ0) is 12.0. The molecule has 2 atom stereocenters. The molecular weight excluding hydrogens is 208 g/mol. The maximum Gasteiger partial charge on any atom is 0.316 e. The molecule has 0 bridgehead atoms. The van der Waals surface area contributed by atoms with Crippen LogP contribution in [0.1, 0.15) is 45.4 Å². The first-order valence-electron chi connectivity index (χ1n) is 6.02. The molecule has 1 aliphatic rings. The Kier molecular flexibility index (Phi) is 5.46. The quantitative estimate of drug-likeness (QED) is 0.574. The summed E-state index contributed by atoms with van der Waals surface area (Å²) in [5.41, 5.74) is 0. The lowest BCUT2D eigenvalue weighted by Gasteiger charge is -2.16. The molecule has 0 aliphatic heterocycles. The summed E-state index contributed by atoms with van der Waals surface area (Å²) in [5, 5.41) is 9.68. The lowest BCUT2D eigenvalue weighted by Crippen LogP contribution is -2.29. The zero-order valence-electron chi connectivity index (χ0n) is 9.78. The van der Waals surface area contributed by atoms with Crippen molar-refractivity contribution >= 4 is 11.8 Å². The first-order chi connectivity index (χ1) is 7.65. The van der Waals surface area contributed by atoms with E-state index in [4.69, 9.17) is 4.74 Å². The van der Waals surface area contributed by atoms with Crippen LogP contribution in [0.5, 0.6) is 0 Å². The van der Waals surface area contributed by atoms with Crippen molar-refractivity contribution in [3.8, 4) is 0 Å². The highest BCUT2D eigenvalue weighted by Crippen LogP contribution is 2.20. The van der Waals surface area contributed by atoms with E-state index in [0.717, 1.165) is 19.3 Å². The van der Waals surface area contributed by atoms with Gasteiger partial charge in [-0.05, 0) is 26.2 Å². The number of aliphatic hydroxyl groups is 1. The molecule has 0 heterocycles. The van der Waals surface area contributed by atoms with E-state index < -0.39 is 18.0 Å². The van der Waals surface area contributed by atoms with Gasteiger partial charge in [0.15, 0.2) is 0 Å². The van der Waals surface area contributed by atoms with Crippen LogP contribution in [0.2, 0.25) is 0 Å². The largest absolute Gasteiger partial charge is 0.465 e. The van der Waals surface area contributed by atoms with Crippen molar-refractivity contribution in [1.29, 1.82) is 0 Å².